The Labute approximate surface area is 128 Å². The molecule has 1 N–H and O–H groups in total. The zero-order valence-corrected chi connectivity index (χ0v) is 11.3. The van der Waals surface area contributed by atoms with Crippen LogP contribution >= 0.6 is 0 Å². The topological polar surface area (TPSA) is 33.1 Å². The van der Waals surface area contributed by atoms with Crippen molar-refractivity contribution in [1.29, 1.82) is 0 Å². The standard InChI is InChI=1S/C8H8BF3NO.K/c10-9(11,12)3-1-7-5-13-4-2-8(7)6-14;/h1-5,14H,6H2;/q-1;+1/b3-1+;. The Morgan fingerprint density at radius 3 is 2.60 bits per heavy atom. The molecule has 1 heterocycles. The molecule has 0 amide bonds. The van der Waals surface area contributed by atoms with Crippen LogP contribution in [-0.2, 0) is 6.61 Å². The number of pyridine rings is 1. The van der Waals surface area contributed by atoms with Crippen molar-refractivity contribution in [2.24, 2.45) is 0 Å². The van der Waals surface area contributed by atoms with E-state index in [-0.39, 0.29) is 69.5 Å². The van der Waals surface area contributed by atoms with Crippen LogP contribution in [0.5, 0.6) is 0 Å². The van der Waals surface area contributed by atoms with Crippen molar-refractivity contribution in [3.63, 3.8) is 0 Å². The first kappa shape index (κ1) is 15.3. The van der Waals surface area contributed by atoms with Gasteiger partial charge in [0.05, 0.1) is 6.61 Å². The first-order chi connectivity index (χ1) is 6.53. The van der Waals surface area contributed by atoms with E-state index >= 15 is 0 Å². The molecule has 0 aromatic carbocycles. The molecule has 1 aromatic rings. The van der Waals surface area contributed by atoms with Gasteiger partial charge in [0.2, 0.25) is 0 Å². The number of halogens is 3. The maximum atomic E-state index is 11.9. The molecule has 1 rings (SSSR count). The van der Waals surface area contributed by atoms with Crippen LogP contribution in [0.3, 0.4) is 0 Å². The molecule has 0 fully saturated rings. The predicted octanol–water partition coefficient (Wildman–Crippen LogP) is -1.02. The predicted molar refractivity (Wildman–Crippen MR) is 48.3 cm³/mol. The Balaban J connectivity index is 0.00000196. The van der Waals surface area contributed by atoms with E-state index in [1.54, 1.807) is 0 Å². The van der Waals surface area contributed by atoms with Gasteiger partial charge >= 0.3 is 58.4 Å². The van der Waals surface area contributed by atoms with Crippen LogP contribution in [0, 0.1) is 0 Å². The summed E-state index contributed by atoms with van der Waals surface area (Å²) in [5.41, 5.74) is 0.713. The molecule has 1 aromatic heterocycles. The Kier molecular flexibility index (Phi) is 6.98. The number of aromatic nitrogens is 1. The molecule has 0 radical (unpaired) electrons. The minimum Gasteiger partial charge on any atom is -0.445 e. The number of hydrogen-bond donors (Lipinski definition) is 1. The first-order valence-corrected chi connectivity index (χ1v) is 3.96. The summed E-state index contributed by atoms with van der Waals surface area (Å²) < 4.78 is 35.6. The quantitative estimate of drug-likeness (QED) is 0.687. The van der Waals surface area contributed by atoms with Crippen LogP contribution in [0.1, 0.15) is 11.1 Å². The van der Waals surface area contributed by atoms with Gasteiger partial charge < -0.3 is 18.1 Å². The van der Waals surface area contributed by atoms with Crippen molar-refractivity contribution in [2.75, 3.05) is 0 Å². The smallest absolute Gasteiger partial charge is 0.445 e. The number of aliphatic hydroxyl groups is 1. The summed E-state index contributed by atoms with van der Waals surface area (Å²) in [6.07, 6.45) is 3.62. The van der Waals surface area contributed by atoms with E-state index in [1.165, 1.54) is 18.5 Å². The second-order valence-corrected chi connectivity index (χ2v) is 2.72. The number of rotatable bonds is 3. The molecule has 76 valence electrons. The second-order valence-electron chi connectivity index (χ2n) is 2.72. The van der Waals surface area contributed by atoms with E-state index in [2.05, 4.69) is 4.98 Å². The average Bonchev–Trinajstić information content (AvgIpc) is 2.14. The average molecular weight is 241 g/mol. The second kappa shape index (κ2) is 6.82. The van der Waals surface area contributed by atoms with E-state index in [4.69, 9.17) is 5.11 Å². The summed E-state index contributed by atoms with van der Waals surface area (Å²) in [4.78, 5) is 3.67. The molecule has 0 unspecified atom stereocenters. The van der Waals surface area contributed by atoms with E-state index in [9.17, 15) is 12.9 Å². The fourth-order valence-corrected chi connectivity index (χ4v) is 0.942. The summed E-state index contributed by atoms with van der Waals surface area (Å²) in [5.74, 6) is 0.177. The van der Waals surface area contributed by atoms with Gasteiger partial charge in [0.25, 0.3) is 0 Å². The molecule has 0 bridgehead atoms. The van der Waals surface area contributed by atoms with Crippen LogP contribution in [0.4, 0.5) is 12.9 Å². The molecule has 0 saturated heterocycles. The van der Waals surface area contributed by atoms with Gasteiger partial charge in [-0.1, -0.05) is 6.08 Å². The van der Waals surface area contributed by atoms with Gasteiger partial charge in [-0.2, -0.15) is 0 Å². The van der Waals surface area contributed by atoms with Crippen LogP contribution in [0.2, 0.25) is 0 Å². The van der Waals surface area contributed by atoms with Crippen molar-refractivity contribution in [3.05, 3.63) is 35.6 Å². The molecule has 0 spiro atoms. The van der Waals surface area contributed by atoms with Gasteiger partial charge in [-0.25, -0.2) is 0 Å². The maximum absolute atomic E-state index is 11.9. The number of hydrogen-bond acceptors (Lipinski definition) is 2. The zero-order valence-electron chi connectivity index (χ0n) is 8.20. The van der Waals surface area contributed by atoms with Crippen LogP contribution in [0.25, 0.3) is 6.08 Å². The van der Waals surface area contributed by atoms with E-state index in [0.717, 1.165) is 6.08 Å². The summed E-state index contributed by atoms with van der Waals surface area (Å²) in [6.45, 7) is -5.24. The van der Waals surface area contributed by atoms with Gasteiger partial charge in [-0.15, -0.1) is 5.98 Å². The summed E-state index contributed by atoms with van der Waals surface area (Å²) in [6, 6.07) is 1.48. The van der Waals surface area contributed by atoms with Crippen molar-refractivity contribution < 1.29 is 69.4 Å². The Morgan fingerprint density at radius 1 is 1.40 bits per heavy atom. The largest absolute Gasteiger partial charge is 1.00 e. The third-order valence-corrected chi connectivity index (χ3v) is 1.61. The molecular weight excluding hydrogens is 233 g/mol. The molecule has 0 aliphatic rings. The third kappa shape index (κ3) is 5.84. The minimum atomic E-state index is -4.94. The number of nitrogens with zero attached hydrogens (tertiary/aromatic N) is 1. The molecule has 0 aliphatic carbocycles. The Morgan fingerprint density at radius 2 is 2.07 bits per heavy atom. The van der Waals surface area contributed by atoms with Gasteiger partial charge in [0.15, 0.2) is 0 Å². The molecule has 7 heteroatoms. The van der Waals surface area contributed by atoms with Crippen LogP contribution < -0.4 is 51.4 Å². The van der Waals surface area contributed by atoms with Crippen LogP contribution in [0.15, 0.2) is 24.4 Å². The fraction of sp³-hybridized carbons (Fsp3) is 0.125. The number of aliphatic hydroxyl groups excluding tert-OH is 1. The zero-order chi connectivity index (χ0) is 10.6. The molecule has 0 saturated carbocycles. The summed E-state index contributed by atoms with van der Waals surface area (Å²) in [7, 11) is 0. The summed E-state index contributed by atoms with van der Waals surface area (Å²) >= 11 is 0. The fourth-order valence-electron chi connectivity index (χ4n) is 0.942. The van der Waals surface area contributed by atoms with Crippen LogP contribution in [-0.4, -0.2) is 17.1 Å². The van der Waals surface area contributed by atoms with Gasteiger partial charge in [0, 0.05) is 12.4 Å². The molecular formula is C8H8BF3KNO. The minimum absolute atomic E-state index is 0. The Hall–Kier alpha value is 0.341. The Bertz CT molecular complexity index is 343. The van der Waals surface area contributed by atoms with E-state index in [1.807, 2.05) is 0 Å². The van der Waals surface area contributed by atoms with Gasteiger partial charge in [-0.05, 0) is 17.2 Å². The molecule has 0 atom stereocenters. The van der Waals surface area contributed by atoms with Crippen molar-refractivity contribution >= 4 is 13.1 Å². The summed E-state index contributed by atoms with van der Waals surface area (Å²) in [5, 5.41) is 8.81. The SMILES string of the molecule is OCc1ccncc1/C=C/[B-](F)(F)F.[K+]. The molecule has 2 nitrogen and oxygen atoms in total. The third-order valence-electron chi connectivity index (χ3n) is 1.61. The van der Waals surface area contributed by atoms with Gasteiger partial charge in [-0.3, -0.25) is 4.98 Å². The van der Waals surface area contributed by atoms with Crippen molar-refractivity contribution in [1.82, 2.24) is 4.98 Å². The van der Waals surface area contributed by atoms with Crippen molar-refractivity contribution in [3.8, 4) is 0 Å². The normalized spacial score (nSPS) is 11.5. The van der Waals surface area contributed by atoms with Gasteiger partial charge in [0.1, 0.15) is 0 Å². The van der Waals surface area contributed by atoms with Crippen molar-refractivity contribution in [2.45, 2.75) is 6.61 Å². The maximum Gasteiger partial charge on any atom is 1.00 e. The van der Waals surface area contributed by atoms with E-state index < -0.39 is 6.98 Å². The molecule has 0 aliphatic heterocycles. The monoisotopic (exact) mass is 241 g/mol. The first-order valence-electron chi connectivity index (χ1n) is 3.96. The van der Waals surface area contributed by atoms with E-state index in [0.29, 0.717) is 5.56 Å². The molecule has 15 heavy (non-hydrogen) atoms.